The van der Waals surface area contributed by atoms with E-state index in [2.05, 4.69) is 42.6 Å². The zero-order valence-corrected chi connectivity index (χ0v) is 48.0. The van der Waals surface area contributed by atoms with Crippen LogP contribution < -0.4 is 16.0 Å². The minimum atomic E-state index is -4.64. The van der Waals surface area contributed by atoms with Gasteiger partial charge in [-0.2, -0.15) is 26.3 Å². The molecule has 0 bridgehead atoms. The monoisotopic (exact) mass is 1240 g/mol. The number of thiazole rings is 1. The molecule has 1 fully saturated rings. The number of imidazole rings is 3. The third-order valence-electron chi connectivity index (χ3n) is 13.8. The Balaban J connectivity index is 0.000000140. The van der Waals surface area contributed by atoms with E-state index in [1.54, 1.807) is 42.5 Å². The third-order valence-corrected chi connectivity index (χ3v) is 16.0. The highest BCUT2D eigenvalue weighted by Gasteiger charge is 2.37. The summed E-state index contributed by atoms with van der Waals surface area (Å²) in [6.07, 6.45) is -4.39. The van der Waals surface area contributed by atoms with Gasteiger partial charge in [-0.1, -0.05) is 102 Å². The molecule has 6 heterocycles. The fraction of sp³-hybridized carbons (Fsp3) is 0.183. The van der Waals surface area contributed by atoms with Crippen LogP contribution in [0.4, 0.5) is 68.3 Å². The molecule has 0 aliphatic heterocycles. The molecule has 23 heteroatoms. The van der Waals surface area contributed by atoms with Crippen molar-refractivity contribution < 1.29 is 39.5 Å². The summed E-state index contributed by atoms with van der Waals surface area (Å²) in [5, 5.41) is 12.7. The lowest BCUT2D eigenvalue weighted by Crippen LogP contribution is -2.16. The maximum Gasteiger partial charge on any atom is 0.431 e. The van der Waals surface area contributed by atoms with E-state index in [-0.39, 0.29) is 55.7 Å². The minimum Gasteiger partial charge on any atom is -0.367 e. The molecular formula is C60H46Cl4F9N9S. The second kappa shape index (κ2) is 23.7. The van der Waals surface area contributed by atoms with Crippen molar-refractivity contribution in [1.29, 1.82) is 0 Å². The molecule has 1 aliphatic carbocycles. The van der Waals surface area contributed by atoms with E-state index in [0.717, 1.165) is 77.5 Å². The second-order valence-corrected chi connectivity index (χ2v) is 22.0. The molecule has 0 radical (unpaired) electrons. The van der Waals surface area contributed by atoms with Crippen molar-refractivity contribution in [3.63, 3.8) is 0 Å². The standard InChI is InChI=1S/C22H16ClF4N3.C21H13Cl2F4N3.C17H17ClFN3S/c1-12-5-3-6-13(2)19(12)29-21-20(15-10-9-14(24)11-16(15)23)28-18-8-4-7-17(30(18)21)22(25,26)27;1-11-4-2-5-14(22)18(11)29-20-19(13-9-8-12(24)10-15(13)23)28-17-7-3-6-16(30(17)20)21(25,26)27;1-10-9-23-17-21-15(13-7-6-11(19)8-14(13)18)16(22(10)17)20-12-4-2-3-5-12/h3-11,29H,1-2H3;2-10,29H,1H3;6-9,12,20H,2-5H2,1H3. The van der Waals surface area contributed by atoms with Crippen LogP contribution in [0.2, 0.25) is 20.1 Å². The molecule has 9 nitrogen and oxygen atoms in total. The zero-order chi connectivity index (χ0) is 59.2. The van der Waals surface area contributed by atoms with E-state index in [4.69, 9.17) is 51.4 Å². The summed E-state index contributed by atoms with van der Waals surface area (Å²) >= 11 is 26.6. The minimum absolute atomic E-state index is 0.0163. The maximum absolute atomic E-state index is 13.8. The van der Waals surface area contributed by atoms with Crippen molar-refractivity contribution >= 4 is 103 Å². The predicted octanol–water partition coefficient (Wildman–Crippen LogP) is 20.2. The molecule has 0 unspecified atom stereocenters. The second-order valence-electron chi connectivity index (χ2n) is 19.6. The Bertz CT molecular complexity index is 4000. The number of halogens is 13. The van der Waals surface area contributed by atoms with Gasteiger partial charge in [-0.3, -0.25) is 13.2 Å². The number of rotatable bonds is 9. The van der Waals surface area contributed by atoms with Crippen LogP contribution in [0.5, 0.6) is 0 Å². The number of nitrogens with zero attached hydrogens (tertiary/aromatic N) is 6. The maximum atomic E-state index is 13.8. The van der Waals surface area contributed by atoms with Gasteiger partial charge in [-0.05, 0) is 142 Å². The molecule has 0 saturated heterocycles. The number of pyridine rings is 2. The van der Waals surface area contributed by atoms with Crippen LogP contribution in [-0.2, 0) is 12.4 Å². The number of alkyl halides is 6. The van der Waals surface area contributed by atoms with Gasteiger partial charge in [0.15, 0.2) is 4.96 Å². The highest BCUT2D eigenvalue weighted by atomic mass is 35.5. The molecule has 0 atom stereocenters. The summed E-state index contributed by atoms with van der Waals surface area (Å²) in [6, 6.07) is 30.4. The Morgan fingerprint density at radius 2 is 0.892 bits per heavy atom. The number of nitrogens with one attached hydrogen (secondary N) is 3. The number of aryl methyl sites for hydroxylation is 4. The van der Waals surface area contributed by atoms with Gasteiger partial charge in [0.2, 0.25) is 0 Å². The lowest BCUT2D eigenvalue weighted by atomic mass is 10.1. The van der Waals surface area contributed by atoms with E-state index in [1.807, 2.05) is 32.0 Å². The van der Waals surface area contributed by atoms with E-state index in [9.17, 15) is 39.5 Å². The summed E-state index contributed by atoms with van der Waals surface area (Å²) in [7, 11) is 0. The molecule has 83 heavy (non-hydrogen) atoms. The SMILES string of the molecule is Cc1cccc(C)c1Nc1c(-c2ccc(F)cc2Cl)nc2cccc(C(F)(F)F)n12.Cc1cccc(Cl)c1Nc1c(-c2ccc(F)cc2Cl)nc2cccc(C(F)(F)F)n12.Cc1csc2nc(-c3ccc(F)cc3Cl)c(NC3CCCC3)n12. The average Bonchev–Trinajstić information content (AvgIpc) is 3.63. The van der Waals surface area contributed by atoms with Crippen molar-refractivity contribution in [3.8, 4) is 33.8 Å². The average molecular weight is 1240 g/mol. The van der Waals surface area contributed by atoms with Gasteiger partial charge in [0, 0.05) is 39.5 Å². The quantitative estimate of drug-likeness (QED) is 0.125. The van der Waals surface area contributed by atoms with Crippen LogP contribution in [0.3, 0.4) is 0 Å². The molecule has 1 saturated carbocycles. The summed E-state index contributed by atoms with van der Waals surface area (Å²) in [5.74, 6) is -0.361. The van der Waals surface area contributed by atoms with Gasteiger partial charge < -0.3 is 16.0 Å². The number of fused-ring (bicyclic) bond motifs is 3. The van der Waals surface area contributed by atoms with Crippen molar-refractivity contribution in [2.75, 3.05) is 16.0 Å². The molecule has 5 aromatic carbocycles. The van der Waals surface area contributed by atoms with Gasteiger partial charge in [-0.25, -0.2) is 28.1 Å². The molecule has 6 aromatic heterocycles. The van der Waals surface area contributed by atoms with E-state index in [1.165, 1.54) is 86.3 Å². The number of hydrogen-bond donors (Lipinski definition) is 3. The normalized spacial score (nSPS) is 12.9. The van der Waals surface area contributed by atoms with Gasteiger partial charge in [0.1, 0.15) is 74.7 Å². The van der Waals surface area contributed by atoms with Crippen LogP contribution in [-0.4, -0.2) is 34.2 Å². The first-order valence-electron chi connectivity index (χ1n) is 25.6. The van der Waals surface area contributed by atoms with Gasteiger partial charge >= 0.3 is 12.4 Å². The van der Waals surface area contributed by atoms with Gasteiger partial charge in [-0.15, -0.1) is 11.3 Å². The molecule has 0 amide bonds. The first kappa shape index (κ1) is 58.8. The molecule has 1 aliphatic rings. The molecule has 3 N–H and O–H groups in total. The predicted molar refractivity (Wildman–Crippen MR) is 314 cm³/mol. The van der Waals surface area contributed by atoms with Crippen molar-refractivity contribution in [1.82, 2.24) is 28.2 Å². The largest absolute Gasteiger partial charge is 0.431 e. The van der Waals surface area contributed by atoms with E-state index >= 15 is 0 Å². The number of para-hydroxylation sites is 2. The Labute approximate surface area is 493 Å². The third kappa shape index (κ3) is 12.2. The van der Waals surface area contributed by atoms with Gasteiger partial charge in [0.05, 0.1) is 25.8 Å². The van der Waals surface area contributed by atoms with E-state index in [0.29, 0.717) is 33.0 Å². The van der Waals surface area contributed by atoms with Crippen molar-refractivity contribution in [2.45, 2.75) is 71.8 Å². The Kier molecular flexibility index (Phi) is 16.8. The lowest BCUT2D eigenvalue weighted by molar-refractivity contribution is -0.142. The highest BCUT2D eigenvalue weighted by Crippen LogP contribution is 2.44. The smallest absolute Gasteiger partial charge is 0.367 e. The van der Waals surface area contributed by atoms with Crippen LogP contribution in [0.1, 0.15) is 59.5 Å². The lowest BCUT2D eigenvalue weighted by Gasteiger charge is -2.17. The van der Waals surface area contributed by atoms with Crippen molar-refractivity contribution in [3.05, 3.63) is 204 Å². The van der Waals surface area contributed by atoms with Crippen molar-refractivity contribution in [2.24, 2.45) is 0 Å². The molecule has 428 valence electrons. The van der Waals surface area contributed by atoms with E-state index < -0.39 is 35.4 Å². The summed E-state index contributed by atoms with van der Waals surface area (Å²) in [5.41, 5.74) is 5.49. The number of hydrogen-bond acceptors (Lipinski definition) is 7. The van der Waals surface area contributed by atoms with Crippen LogP contribution in [0.15, 0.2) is 133 Å². The van der Waals surface area contributed by atoms with Crippen LogP contribution >= 0.6 is 57.7 Å². The Hall–Kier alpha value is -7.42. The Morgan fingerprint density at radius 1 is 0.482 bits per heavy atom. The fourth-order valence-corrected chi connectivity index (χ4v) is 11.8. The fourth-order valence-electron chi connectivity index (χ4n) is 9.90. The first-order valence-corrected chi connectivity index (χ1v) is 28.0. The summed E-state index contributed by atoms with van der Waals surface area (Å²) < 4.78 is 127. The number of anilines is 5. The number of benzene rings is 5. The Morgan fingerprint density at radius 3 is 1.33 bits per heavy atom. The molecule has 12 rings (SSSR count). The topological polar surface area (TPSA) is 88.0 Å². The molecular weight excluding hydrogens is 1190 g/mol. The molecule has 11 aromatic rings. The van der Waals surface area contributed by atoms with Gasteiger partial charge in [0.25, 0.3) is 0 Å². The highest BCUT2D eigenvalue weighted by molar-refractivity contribution is 7.15. The first-order chi connectivity index (χ1) is 39.5. The summed E-state index contributed by atoms with van der Waals surface area (Å²) in [6.45, 7) is 7.55. The number of aromatic nitrogens is 6. The molecule has 0 spiro atoms. The zero-order valence-electron chi connectivity index (χ0n) is 44.1. The van der Waals surface area contributed by atoms with Crippen LogP contribution in [0, 0.1) is 45.1 Å². The van der Waals surface area contributed by atoms with Crippen LogP contribution in [0.25, 0.3) is 50.0 Å². The summed E-state index contributed by atoms with van der Waals surface area (Å²) in [4.78, 5) is 14.4.